The Labute approximate surface area is 123 Å². The van der Waals surface area contributed by atoms with Gasteiger partial charge >= 0.3 is 0 Å². The molecule has 1 saturated heterocycles. The van der Waals surface area contributed by atoms with Crippen LogP contribution in [-0.2, 0) is 0 Å². The van der Waals surface area contributed by atoms with Gasteiger partial charge in [-0.25, -0.2) is 0 Å². The van der Waals surface area contributed by atoms with Crippen LogP contribution in [0.5, 0.6) is 0 Å². The molecule has 0 bridgehead atoms. The van der Waals surface area contributed by atoms with E-state index in [1.807, 2.05) is 18.2 Å². The molecule has 106 valence electrons. The van der Waals surface area contributed by atoms with E-state index in [4.69, 9.17) is 10.8 Å². The second-order valence-corrected chi connectivity index (χ2v) is 6.24. The van der Waals surface area contributed by atoms with Crippen LogP contribution in [0, 0.1) is 5.92 Å². The fourth-order valence-corrected chi connectivity index (χ4v) is 3.22. The van der Waals surface area contributed by atoms with Gasteiger partial charge in [0.05, 0.1) is 0 Å². The molecule has 3 nitrogen and oxygen atoms in total. The van der Waals surface area contributed by atoms with E-state index in [2.05, 4.69) is 26.9 Å². The van der Waals surface area contributed by atoms with Crippen molar-refractivity contribution in [1.29, 1.82) is 0 Å². The van der Waals surface area contributed by atoms with Gasteiger partial charge in [-0.1, -0.05) is 34.1 Å². The largest absolute Gasteiger partial charge is 0.396 e. The Morgan fingerprint density at radius 1 is 1.32 bits per heavy atom. The fourth-order valence-electron chi connectivity index (χ4n) is 2.65. The summed E-state index contributed by atoms with van der Waals surface area (Å²) in [7, 11) is 0. The van der Waals surface area contributed by atoms with Crippen LogP contribution in [-0.4, -0.2) is 36.2 Å². The van der Waals surface area contributed by atoms with E-state index < -0.39 is 0 Å². The smallest absolute Gasteiger partial charge is 0.0460 e. The van der Waals surface area contributed by atoms with Crippen LogP contribution in [0.15, 0.2) is 28.7 Å². The molecular weight excluding hydrogens is 304 g/mol. The molecule has 0 amide bonds. The Morgan fingerprint density at radius 3 is 2.63 bits per heavy atom. The van der Waals surface area contributed by atoms with E-state index >= 15 is 0 Å². The highest BCUT2D eigenvalue weighted by molar-refractivity contribution is 9.10. The van der Waals surface area contributed by atoms with Crippen LogP contribution in [0.25, 0.3) is 0 Å². The first-order valence-electron chi connectivity index (χ1n) is 7.04. The molecule has 1 heterocycles. The van der Waals surface area contributed by atoms with Crippen LogP contribution in [0.3, 0.4) is 0 Å². The van der Waals surface area contributed by atoms with E-state index in [0.717, 1.165) is 43.4 Å². The maximum Gasteiger partial charge on any atom is 0.0460 e. The summed E-state index contributed by atoms with van der Waals surface area (Å²) in [4.78, 5) is 2.46. The molecule has 1 aromatic rings. The van der Waals surface area contributed by atoms with Gasteiger partial charge in [-0.05, 0) is 56.4 Å². The zero-order valence-electron chi connectivity index (χ0n) is 11.3. The van der Waals surface area contributed by atoms with Crippen molar-refractivity contribution < 1.29 is 5.11 Å². The van der Waals surface area contributed by atoms with Gasteiger partial charge in [0.2, 0.25) is 0 Å². The number of hydrogen-bond acceptors (Lipinski definition) is 3. The van der Waals surface area contributed by atoms with Crippen LogP contribution >= 0.6 is 15.9 Å². The molecule has 1 aliphatic rings. The Balaban J connectivity index is 1.78. The molecule has 4 heteroatoms. The summed E-state index contributed by atoms with van der Waals surface area (Å²) in [6.45, 7) is 3.56. The fraction of sp³-hybridized carbons (Fsp3) is 0.600. The molecule has 0 saturated carbocycles. The van der Waals surface area contributed by atoms with Crippen molar-refractivity contribution in [2.24, 2.45) is 11.7 Å². The van der Waals surface area contributed by atoms with E-state index in [9.17, 15) is 0 Å². The molecule has 0 radical (unpaired) electrons. The number of benzene rings is 1. The normalized spacial score (nSPS) is 19.5. The van der Waals surface area contributed by atoms with Gasteiger partial charge in [0.25, 0.3) is 0 Å². The lowest BCUT2D eigenvalue weighted by Crippen LogP contribution is -2.36. The number of hydrogen-bond donors (Lipinski definition) is 2. The summed E-state index contributed by atoms with van der Waals surface area (Å²) in [5.74, 6) is 0.508. The number of nitrogens with two attached hydrogens (primary N) is 1. The van der Waals surface area contributed by atoms with Crippen molar-refractivity contribution in [3.8, 4) is 0 Å². The van der Waals surface area contributed by atoms with Crippen LogP contribution in [0.2, 0.25) is 0 Å². The Kier molecular flexibility index (Phi) is 5.82. The number of aliphatic hydroxyl groups is 1. The third kappa shape index (κ3) is 4.28. The van der Waals surface area contributed by atoms with Gasteiger partial charge in [0.1, 0.15) is 0 Å². The second-order valence-electron chi connectivity index (χ2n) is 5.38. The molecular formula is C15H23BrN2O. The molecule has 1 atom stereocenters. The SMILES string of the molecule is NC(CCN1CCC(CO)CC1)c1ccccc1Br. The van der Waals surface area contributed by atoms with Crippen LogP contribution < -0.4 is 5.73 Å². The summed E-state index contributed by atoms with van der Waals surface area (Å²) in [6.07, 6.45) is 3.20. The standard InChI is InChI=1S/C15H23BrN2O/c16-14-4-2-1-3-13(14)15(17)7-10-18-8-5-12(11-19)6-9-18/h1-4,12,15,19H,5-11,17H2. The van der Waals surface area contributed by atoms with Gasteiger partial charge in [-0.2, -0.15) is 0 Å². The first-order chi connectivity index (χ1) is 9.20. The second kappa shape index (κ2) is 7.39. The van der Waals surface area contributed by atoms with Gasteiger partial charge in [0.15, 0.2) is 0 Å². The third-order valence-electron chi connectivity index (χ3n) is 4.03. The monoisotopic (exact) mass is 326 g/mol. The van der Waals surface area contributed by atoms with Crippen molar-refractivity contribution in [1.82, 2.24) is 4.90 Å². The molecule has 0 spiro atoms. The Hall–Kier alpha value is -0.420. The van der Waals surface area contributed by atoms with Crippen molar-refractivity contribution in [2.75, 3.05) is 26.2 Å². The predicted molar refractivity (Wildman–Crippen MR) is 81.9 cm³/mol. The van der Waals surface area contributed by atoms with Gasteiger partial charge in [-0.3, -0.25) is 0 Å². The maximum absolute atomic E-state index is 9.13. The lowest BCUT2D eigenvalue weighted by atomic mass is 9.97. The Bertz CT molecular complexity index is 391. The van der Waals surface area contributed by atoms with Crippen molar-refractivity contribution in [3.05, 3.63) is 34.3 Å². The Morgan fingerprint density at radius 2 is 2.00 bits per heavy atom. The number of likely N-dealkylation sites (tertiary alicyclic amines) is 1. The minimum atomic E-state index is 0.0890. The highest BCUT2D eigenvalue weighted by atomic mass is 79.9. The molecule has 2 rings (SSSR count). The zero-order chi connectivity index (χ0) is 13.7. The van der Waals surface area contributed by atoms with E-state index in [0.29, 0.717) is 12.5 Å². The topological polar surface area (TPSA) is 49.5 Å². The number of nitrogens with zero attached hydrogens (tertiary/aromatic N) is 1. The van der Waals surface area contributed by atoms with E-state index in [1.54, 1.807) is 0 Å². The van der Waals surface area contributed by atoms with Crippen molar-refractivity contribution in [2.45, 2.75) is 25.3 Å². The van der Waals surface area contributed by atoms with Crippen molar-refractivity contribution in [3.63, 3.8) is 0 Å². The van der Waals surface area contributed by atoms with Gasteiger partial charge in [0, 0.05) is 17.1 Å². The number of rotatable bonds is 5. The van der Waals surface area contributed by atoms with Gasteiger partial charge < -0.3 is 15.7 Å². The third-order valence-corrected chi connectivity index (χ3v) is 4.75. The van der Waals surface area contributed by atoms with Crippen LogP contribution in [0.1, 0.15) is 30.9 Å². The first kappa shape index (κ1) is 15.0. The molecule has 1 aliphatic heterocycles. The molecule has 3 N–H and O–H groups in total. The average Bonchev–Trinajstić information content (AvgIpc) is 2.46. The summed E-state index contributed by atoms with van der Waals surface area (Å²) in [5, 5.41) is 9.13. The summed E-state index contributed by atoms with van der Waals surface area (Å²) >= 11 is 3.56. The number of piperidine rings is 1. The first-order valence-corrected chi connectivity index (χ1v) is 7.83. The minimum Gasteiger partial charge on any atom is -0.396 e. The minimum absolute atomic E-state index is 0.0890. The molecule has 0 aliphatic carbocycles. The molecule has 1 aromatic carbocycles. The molecule has 0 aromatic heterocycles. The summed E-state index contributed by atoms with van der Waals surface area (Å²) in [6, 6.07) is 8.27. The van der Waals surface area contributed by atoms with E-state index in [-0.39, 0.29) is 6.04 Å². The quantitative estimate of drug-likeness (QED) is 0.874. The summed E-state index contributed by atoms with van der Waals surface area (Å²) in [5.41, 5.74) is 7.46. The van der Waals surface area contributed by atoms with Crippen LogP contribution in [0.4, 0.5) is 0 Å². The highest BCUT2D eigenvalue weighted by Crippen LogP contribution is 2.24. The van der Waals surface area contributed by atoms with Crippen molar-refractivity contribution >= 4 is 15.9 Å². The molecule has 1 unspecified atom stereocenters. The lowest BCUT2D eigenvalue weighted by molar-refractivity contribution is 0.129. The molecule has 1 fully saturated rings. The molecule has 19 heavy (non-hydrogen) atoms. The zero-order valence-corrected chi connectivity index (χ0v) is 12.8. The predicted octanol–water partition coefficient (Wildman–Crippen LogP) is 2.54. The number of halogens is 1. The number of aliphatic hydroxyl groups excluding tert-OH is 1. The maximum atomic E-state index is 9.13. The highest BCUT2D eigenvalue weighted by Gasteiger charge is 2.19. The lowest BCUT2D eigenvalue weighted by Gasteiger charge is -2.31. The van der Waals surface area contributed by atoms with E-state index in [1.165, 1.54) is 5.56 Å². The average molecular weight is 327 g/mol. The van der Waals surface area contributed by atoms with Gasteiger partial charge in [-0.15, -0.1) is 0 Å². The summed E-state index contributed by atoms with van der Waals surface area (Å²) < 4.78 is 1.10.